The fraction of sp³-hybridized carbons (Fsp3) is 0.200. The lowest BCUT2D eigenvalue weighted by molar-refractivity contribution is 0.282. The van der Waals surface area contributed by atoms with Crippen molar-refractivity contribution in [3.8, 4) is 0 Å². The summed E-state index contributed by atoms with van der Waals surface area (Å²) < 4.78 is 27.8. The third-order valence-corrected chi connectivity index (χ3v) is 4.76. The maximum atomic E-state index is 12.2. The van der Waals surface area contributed by atoms with Crippen LogP contribution in [0.5, 0.6) is 0 Å². The van der Waals surface area contributed by atoms with Crippen molar-refractivity contribution >= 4 is 31.6 Å². The van der Waals surface area contributed by atoms with Crippen molar-refractivity contribution < 1.29 is 13.5 Å². The molecule has 0 aliphatic carbocycles. The van der Waals surface area contributed by atoms with Gasteiger partial charge in [-0.1, -0.05) is 46.3 Å². The van der Waals surface area contributed by atoms with Gasteiger partial charge in [0.1, 0.15) is 0 Å². The summed E-state index contributed by atoms with van der Waals surface area (Å²) in [5.41, 5.74) is 2.85. The minimum atomic E-state index is -3.48. The molecule has 0 spiro atoms. The minimum absolute atomic E-state index is 0.0531. The number of aryl methyl sites for hydroxylation is 1. The number of hydrogen-bond acceptors (Lipinski definition) is 3. The van der Waals surface area contributed by atoms with Crippen molar-refractivity contribution in [1.82, 2.24) is 0 Å². The van der Waals surface area contributed by atoms with E-state index < -0.39 is 10.0 Å². The molecule has 6 heteroatoms. The van der Waals surface area contributed by atoms with Gasteiger partial charge in [-0.2, -0.15) is 0 Å². The van der Waals surface area contributed by atoms with E-state index in [1.54, 1.807) is 30.3 Å². The molecule has 0 bridgehead atoms. The van der Waals surface area contributed by atoms with Gasteiger partial charge in [0.2, 0.25) is 10.0 Å². The lowest BCUT2D eigenvalue weighted by atomic mass is 10.2. The van der Waals surface area contributed by atoms with E-state index in [0.29, 0.717) is 11.3 Å². The van der Waals surface area contributed by atoms with Crippen LogP contribution in [-0.2, 0) is 22.4 Å². The molecule has 0 aliphatic rings. The zero-order valence-electron chi connectivity index (χ0n) is 11.5. The molecule has 0 saturated carbocycles. The number of halogens is 1. The molecule has 0 fully saturated rings. The van der Waals surface area contributed by atoms with Crippen molar-refractivity contribution in [3.63, 3.8) is 0 Å². The van der Waals surface area contributed by atoms with Gasteiger partial charge in [-0.3, -0.25) is 4.72 Å². The molecule has 0 unspecified atom stereocenters. The maximum Gasteiger partial charge on any atom is 0.236 e. The summed E-state index contributed by atoms with van der Waals surface area (Å²) in [4.78, 5) is 0. The lowest BCUT2D eigenvalue weighted by Crippen LogP contribution is -2.15. The van der Waals surface area contributed by atoms with Gasteiger partial charge in [-0.25, -0.2) is 8.42 Å². The van der Waals surface area contributed by atoms with E-state index in [1.807, 2.05) is 19.1 Å². The number of rotatable bonds is 5. The molecule has 0 aromatic heterocycles. The summed E-state index contributed by atoms with van der Waals surface area (Å²) in [5.74, 6) is -0.106. The van der Waals surface area contributed by atoms with Crippen LogP contribution in [0.4, 0.5) is 5.69 Å². The van der Waals surface area contributed by atoms with Crippen molar-refractivity contribution in [2.75, 3.05) is 4.72 Å². The molecule has 4 nitrogen and oxygen atoms in total. The molecule has 0 radical (unpaired) electrons. The topological polar surface area (TPSA) is 66.4 Å². The predicted molar refractivity (Wildman–Crippen MR) is 87.5 cm³/mol. The molecule has 0 aliphatic heterocycles. The van der Waals surface area contributed by atoms with Gasteiger partial charge < -0.3 is 5.11 Å². The van der Waals surface area contributed by atoms with E-state index in [2.05, 4.69) is 20.7 Å². The highest BCUT2D eigenvalue weighted by molar-refractivity contribution is 9.10. The molecule has 0 heterocycles. The molecule has 2 aromatic carbocycles. The van der Waals surface area contributed by atoms with Gasteiger partial charge in [0.15, 0.2) is 0 Å². The highest BCUT2D eigenvalue weighted by Crippen LogP contribution is 2.22. The Morgan fingerprint density at radius 2 is 1.71 bits per heavy atom. The Kier molecular flexibility index (Phi) is 5.03. The second-order valence-electron chi connectivity index (χ2n) is 4.80. The van der Waals surface area contributed by atoms with Gasteiger partial charge in [0.05, 0.1) is 18.0 Å². The van der Waals surface area contributed by atoms with Crippen LogP contribution in [-0.4, -0.2) is 13.5 Å². The fourth-order valence-electron chi connectivity index (χ4n) is 1.87. The molecule has 2 aromatic rings. The highest BCUT2D eigenvalue weighted by atomic mass is 79.9. The average molecular weight is 370 g/mol. The van der Waals surface area contributed by atoms with E-state index in [1.165, 1.54) is 0 Å². The van der Waals surface area contributed by atoms with Crippen LogP contribution in [0, 0.1) is 6.92 Å². The number of aliphatic hydroxyl groups excluding tert-OH is 1. The molecule has 0 amide bonds. The van der Waals surface area contributed by atoms with Gasteiger partial charge in [-0.05, 0) is 35.7 Å². The van der Waals surface area contributed by atoms with Crippen molar-refractivity contribution in [3.05, 3.63) is 63.6 Å². The third kappa shape index (κ3) is 4.56. The lowest BCUT2D eigenvalue weighted by Gasteiger charge is -2.11. The predicted octanol–water partition coefficient (Wildman–Crippen LogP) is 3.19. The fourth-order valence-corrected chi connectivity index (χ4v) is 3.49. The zero-order chi connectivity index (χ0) is 15.5. The van der Waals surface area contributed by atoms with E-state index in [9.17, 15) is 8.42 Å². The summed E-state index contributed by atoms with van der Waals surface area (Å²) in [6.07, 6.45) is 0. The normalized spacial score (nSPS) is 11.4. The Balaban J connectivity index is 2.16. The number of nitrogens with one attached hydrogen (secondary N) is 1. The summed E-state index contributed by atoms with van der Waals surface area (Å²) in [6.45, 7) is 1.79. The maximum absolute atomic E-state index is 12.2. The van der Waals surface area contributed by atoms with Crippen LogP contribution < -0.4 is 4.72 Å². The van der Waals surface area contributed by atoms with E-state index in [0.717, 1.165) is 15.6 Å². The van der Waals surface area contributed by atoms with Crippen LogP contribution >= 0.6 is 15.9 Å². The van der Waals surface area contributed by atoms with Crippen LogP contribution in [0.2, 0.25) is 0 Å². The Hall–Kier alpha value is -1.37. The monoisotopic (exact) mass is 369 g/mol. The second-order valence-corrected chi connectivity index (χ2v) is 7.43. The van der Waals surface area contributed by atoms with E-state index >= 15 is 0 Å². The van der Waals surface area contributed by atoms with Crippen LogP contribution in [0.15, 0.2) is 46.9 Å². The summed E-state index contributed by atoms with van der Waals surface area (Å²) in [6, 6.07) is 12.3. The smallest absolute Gasteiger partial charge is 0.236 e. The first kappa shape index (κ1) is 16.0. The summed E-state index contributed by atoms with van der Waals surface area (Å²) >= 11 is 3.33. The SMILES string of the molecule is Cc1ccc(Br)cc1NS(=O)(=O)Cc1ccc(CO)cc1. The van der Waals surface area contributed by atoms with Crippen LogP contribution in [0.25, 0.3) is 0 Å². The zero-order valence-corrected chi connectivity index (χ0v) is 13.9. The Morgan fingerprint density at radius 3 is 2.33 bits per heavy atom. The molecule has 2 rings (SSSR count). The van der Waals surface area contributed by atoms with Gasteiger partial charge in [0.25, 0.3) is 0 Å². The quantitative estimate of drug-likeness (QED) is 0.850. The number of anilines is 1. The Labute approximate surface area is 133 Å². The summed E-state index contributed by atoms with van der Waals surface area (Å²) in [5, 5.41) is 8.98. The van der Waals surface area contributed by atoms with E-state index in [-0.39, 0.29) is 12.4 Å². The molecule has 0 saturated heterocycles. The van der Waals surface area contributed by atoms with Crippen LogP contribution in [0.1, 0.15) is 16.7 Å². The van der Waals surface area contributed by atoms with Crippen LogP contribution in [0.3, 0.4) is 0 Å². The first-order valence-corrected chi connectivity index (χ1v) is 8.79. The van der Waals surface area contributed by atoms with Gasteiger partial charge >= 0.3 is 0 Å². The molecule has 21 heavy (non-hydrogen) atoms. The van der Waals surface area contributed by atoms with E-state index in [4.69, 9.17) is 5.11 Å². The first-order chi connectivity index (χ1) is 9.89. The first-order valence-electron chi connectivity index (χ1n) is 6.35. The second kappa shape index (κ2) is 6.60. The molecular formula is C15H16BrNO3S. The number of aliphatic hydroxyl groups is 1. The third-order valence-electron chi connectivity index (χ3n) is 3.03. The molecule has 112 valence electrons. The standard InChI is InChI=1S/C15H16BrNO3S/c1-11-2-7-14(16)8-15(11)17-21(19,20)10-13-5-3-12(9-18)4-6-13/h2-8,17-18H,9-10H2,1H3. The average Bonchev–Trinajstić information content (AvgIpc) is 2.43. The highest BCUT2D eigenvalue weighted by Gasteiger charge is 2.13. The molecule has 0 atom stereocenters. The van der Waals surface area contributed by atoms with Gasteiger partial charge in [-0.15, -0.1) is 0 Å². The Morgan fingerprint density at radius 1 is 1.10 bits per heavy atom. The number of benzene rings is 2. The molecular weight excluding hydrogens is 354 g/mol. The number of hydrogen-bond donors (Lipinski definition) is 2. The van der Waals surface area contributed by atoms with Gasteiger partial charge in [0, 0.05) is 4.47 Å². The number of sulfonamides is 1. The summed E-state index contributed by atoms with van der Waals surface area (Å²) in [7, 11) is -3.48. The van der Waals surface area contributed by atoms with Crippen molar-refractivity contribution in [2.45, 2.75) is 19.3 Å². The van der Waals surface area contributed by atoms with Crippen molar-refractivity contribution in [1.29, 1.82) is 0 Å². The minimum Gasteiger partial charge on any atom is -0.392 e. The Bertz CT molecular complexity index is 727. The largest absolute Gasteiger partial charge is 0.392 e. The molecule has 2 N–H and O–H groups in total. The van der Waals surface area contributed by atoms with Crippen molar-refractivity contribution in [2.24, 2.45) is 0 Å².